The summed E-state index contributed by atoms with van der Waals surface area (Å²) in [5.41, 5.74) is -0.795. The Morgan fingerprint density at radius 3 is 2.35 bits per heavy atom. The predicted octanol–water partition coefficient (Wildman–Crippen LogP) is 2.39. The molecule has 0 bridgehead atoms. The van der Waals surface area contributed by atoms with Crippen LogP contribution in [0.15, 0.2) is 0 Å². The minimum atomic E-state index is -0.795. The van der Waals surface area contributed by atoms with E-state index in [1.54, 1.807) is 0 Å². The molecule has 132 valence electrons. The molecule has 5 heteroatoms. The van der Waals surface area contributed by atoms with Crippen LogP contribution < -0.4 is 10.6 Å². The van der Waals surface area contributed by atoms with Crippen molar-refractivity contribution in [3.8, 4) is 0 Å². The molecule has 2 N–H and O–H groups in total. The quantitative estimate of drug-likeness (QED) is 0.602. The van der Waals surface area contributed by atoms with Crippen molar-refractivity contribution in [2.75, 3.05) is 20.2 Å². The fourth-order valence-corrected chi connectivity index (χ4v) is 4.10. The van der Waals surface area contributed by atoms with Crippen molar-refractivity contribution < 1.29 is 14.3 Å². The highest BCUT2D eigenvalue weighted by molar-refractivity contribution is 5.88. The molecule has 5 nitrogen and oxygen atoms in total. The minimum absolute atomic E-state index is 0.00309. The Morgan fingerprint density at radius 2 is 1.78 bits per heavy atom. The molecule has 2 rings (SSSR count). The molecule has 1 unspecified atom stereocenters. The Bertz CT molecular complexity index is 397. The van der Waals surface area contributed by atoms with Gasteiger partial charge in [0.15, 0.2) is 0 Å². The first-order valence-electron chi connectivity index (χ1n) is 9.17. The summed E-state index contributed by atoms with van der Waals surface area (Å²) in [5, 5.41) is 6.43. The van der Waals surface area contributed by atoms with E-state index in [0.29, 0.717) is 31.1 Å². The van der Waals surface area contributed by atoms with Crippen LogP contribution in [0, 0.1) is 11.8 Å². The summed E-state index contributed by atoms with van der Waals surface area (Å²) in [5.74, 6) is 0.688. The molecular formula is C18H32N2O3. The Morgan fingerprint density at radius 1 is 1.17 bits per heavy atom. The molecule has 1 heterocycles. The van der Waals surface area contributed by atoms with E-state index in [4.69, 9.17) is 4.74 Å². The van der Waals surface area contributed by atoms with Crippen LogP contribution in [0.1, 0.15) is 64.7 Å². The zero-order chi connectivity index (χ0) is 16.7. The second-order valence-corrected chi connectivity index (χ2v) is 7.30. The Labute approximate surface area is 139 Å². The van der Waals surface area contributed by atoms with Gasteiger partial charge in [0.2, 0.25) is 5.91 Å². The number of methoxy groups -OCH3 is 1. The average Bonchev–Trinajstić information content (AvgIpc) is 2.81. The number of carbonyl (C=O) groups excluding carboxylic acids is 2. The zero-order valence-corrected chi connectivity index (χ0v) is 14.7. The van der Waals surface area contributed by atoms with Gasteiger partial charge in [-0.25, -0.2) is 4.79 Å². The van der Waals surface area contributed by atoms with Crippen LogP contribution in [0.5, 0.6) is 0 Å². The lowest BCUT2D eigenvalue weighted by Gasteiger charge is -2.32. The van der Waals surface area contributed by atoms with Crippen LogP contribution in [0.2, 0.25) is 0 Å². The lowest BCUT2D eigenvalue weighted by Crippen LogP contribution is -2.55. The smallest absolute Gasteiger partial charge is 0.331 e. The van der Waals surface area contributed by atoms with Gasteiger partial charge in [-0.05, 0) is 50.6 Å². The third kappa shape index (κ3) is 4.93. The predicted molar refractivity (Wildman–Crippen MR) is 90.0 cm³/mol. The van der Waals surface area contributed by atoms with Gasteiger partial charge in [0.25, 0.3) is 0 Å². The van der Waals surface area contributed by atoms with Crippen molar-refractivity contribution in [1.29, 1.82) is 0 Å². The molecule has 0 spiro atoms. The molecule has 1 aliphatic heterocycles. The number of ether oxygens (including phenoxy) is 1. The van der Waals surface area contributed by atoms with E-state index in [0.717, 1.165) is 51.6 Å². The third-order valence-electron chi connectivity index (χ3n) is 5.61. The number of hydrogen-bond donors (Lipinski definition) is 2. The van der Waals surface area contributed by atoms with Crippen molar-refractivity contribution in [3.63, 3.8) is 0 Å². The van der Waals surface area contributed by atoms with Gasteiger partial charge in [-0.1, -0.05) is 32.6 Å². The fourth-order valence-electron chi connectivity index (χ4n) is 4.10. The molecule has 1 saturated heterocycles. The lowest BCUT2D eigenvalue weighted by molar-refractivity contribution is -0.152. The van der Waals surface area contributed by atoms with Crippen LogP contribution >= 0.6 is 0 Å². The molecule has 1 saturated carbocycles. The Balaban J connectivity index is 1.95. The topological polar surface area (TPSA) is 67.4 Å². The van der Waals surface area contributed by atoms with Crippen LogP contribution in [0.4, 0.5) is 0 Å². The summed E-state index contributed by atoms with van der Waals surface area (Å²) in [7, 11) is 1.42. The van der Waals surface area contributed by atoms with Gasteiger partial charge >= 0.3 is 5.97 Å². The second kappa shape index (κ2) is 8.67. The number of piperidine rings is 1. The summed E-state index contributed by atoms with van der Waals surface area (Å²) < 4.78 is 5.01. The Kier molecular flexibility index (Phi) is 6.88. The molecule has 2 fully saturated rings. The SMILES string of the molecule is COC(=O)C1(NC(=O)CC(C)C2CCNCC2)CCCCCC1. The van der Waals surface area contributed by atoms with Crippen molar-refractivity contribution in [3.05, 3.63) is 0 Å². The number of amides is 1. The lowest BCUT2D eigenvalue weighted by atomic mass is 9.83. The van der Waals surface area contributed by atoms with Crippen molar-refractivity contribution in [2.45, 2.75) is 70.3 Å². The molecular weight excluding hydrogens is 292 g/mol. The summed E-state index contributed by atoms with van der Waals surface area (Å²) in [6.45, 7) is 4.25. The third-order valence-corrected chi connectivity index (χ3v) is 5.61. The van der Waals surface area contributed by atoms with Crippen LogP contribution in [-0.2, 0) is 14.3 Å². The maximum atomic E-state index is 12.6. The van der Waals surface area contributed by atoms with Crippen LogP contribution in [0.25, 0.3) is 0 Å². The van der Waals surface area contributed by atoms with Gasteiger partial charge in [0.1, 0.15) is 5.54 Å². The van der Waals surface area contributed by atoms with Crippen molar-refractivity contribution in [1.82, 2.24) is 10.6 Å². The highest BCUT2D eigenvalue weighted by Gasteiger charge is 2.41. The molecule has 1 amide bonds. The highest BCUT2D eigenvalue weighted by atomic mass is 16.5. The molecule has 0 aromatic carbocycles. The van der Waals surface area contributed by atoms with Gasteiger partial charge < -0.3 is 15.4 Å². The van der Waals surface area contributed by atoms with E-state index < -0.39 is 5.54 Å². The number of hydrogen-bond acceptors (Lipinski definition) is 4. The van der Waals surface area contributed by atoms with Gasteiger partial charge in [0, 0.05) is 6.42 Å². The summed E-state index contributed by atoms with van der Waals surface area (Å²) in [4.78, 5) is 24.9. The van der Waals surface area contributed by atoms with Crippen molar-refractivity contribution in [2.24, 2.45) is 11.8 Å². The van der Waals surface area contributed by atoms with E-state index in [9.17, 15) is 9.59 Å². The average molecular weight is 324 g/mol. The van der Waals surface area contributed by atoms with Gasteiger partial charge in [-0.15, -0.1) is 0 Å². The van der Waals surface area contributed by atoms with E-state index in [1.165, 1.54) is 7.11 Å². The van der Waals surface area contributed by atoms with Crippen LogP contribution in [0.3, 0.4) is 0 Å². The highest BCUT2D eigenvalue weighted by Crippen LogP contribution is 2.30. The van der Waals surface area contributed by atoms with Crippen molar-refractivity contribution >= 4 is 11.9 Å². The second-order valence-electron chi connectivity index (χ2n) is 7.30. The van der Waals surface area contributed by atoms with E-state index in [-0.39, 0.29) is 11.9 Å². The first-order valence-corrected chi connectivity index (χ1v) is 9.17. The van der Waals surface area contributed by atoms with Gasteiger partial charge in [0.05, 0.1) is 7.11 Å². The van der Waals surface area contributed by atoms with E-state index in [2.05, 4.69) is 17.6 Å². The number of carbonyl (C=O) groups is 2. The summed E-state index contributed by atoms with van der Waals surface area (Å²) >= 11 is 0. The van der Waals surface area contributed by atoms with Gasteiger partial charge in [-0.3, -0.25) is 4.79 Å². The molecule has 1 aliphatic carbocycles. The normalized spacial score (nSPS) is 23.6. The molecule has 2 aliphatic rings. The van der Waals surface area contributed by atoms with E-state index >= 15 is 0 Å². The number of rotatable bonds is 5. The van der Waals surface area contributed by atoms with E-state index in [1.807, 2.05) is 0 Å². The molecule has 1 atom stereocenters. The largest absolute Gasteiger partial charge is 0.467 e. The monoisotopic (exact) mass is 324 g/mol. The standard InChI is InChI=1S/C18H32N2O3/c1-14(15-7-11-19-12-8-15)13-16(21)20-18(17(22)23-2)9-5-3-4-6-10-18/h14-15,19H,3-13H2,1-2H3,(H,20,21). The Hall–Kier alpha value is -1.10. The maximum Gasteiger partial charge on any atom is 0.331 e. The summed E-state index contributed by atoms with van der Waals surface area (Å²) in [6.07, 6.45) is 8.37. The fraction of sp³-hybridized carbons (Fsp3) is 0.889. The zero-order valence-electron chi connectivity index (χ0n) is 14.7. The number of nitrogens with one attached hydrogen (secondary N) is 2. The molecule has 23 heavy (non-hydrogen) atoms. The molecule has 0 aromatic rings. The molecule has 0 aromatic heterocycles. The first kappa shape index (κ1) is 18.2. The molecule has 0 radical (unpaired) electrons. The van der Waals surface area contributed by atoms with Gasteiger partial charge in [-0.2, -0.15) is 0 Å². The maximum absolute atomic E-state index is 12.6. The first-order chi connectivity index (χ1) is 11.1. The summed E-state index contributed by atoms with van der Waals surface area (Å²) in [6, 6.07) is 0. The number of esters is 1. The minimum Gasteiger partial charge on any atom is -0.467 e. The van der Waals surface area contributed by atoms with Crippen LogP contribution in [-0.4, -0.2) is 37.6 Å².